The van der Waals surface area contributed by atoms with Crippen LogP contribution in [0, 0.1) is 5.82 Å². The van der Waals surface area contributed by atoms with Crippen molar-refractivity contribution < 1.29 is 13.9 Å². The highest BCUT2D eigenvalue weighted by Gasteiger charge is 2.07. The van der Waals surface area contributed by atoms with Gasteiger partial charge < -0.3 is 10.1 Å². The quantitative estimate of drug-likeness (QED) is 0.774. The molecule has 1 amide bonds. The van der Waals surface area contributed by atoms with Crippen molar-refractivity contribution in [2.45, 2.75) is 6.54 Å². The number of pyridine rings is 1. The molecule has 0 aliphatic rings. The Hall–Kier alpha value is -3.21. The lowest BCUT2D eigenvalue weighted by Crippen LogP contribution is -2.22. The van der Waals surface area contributed by atoms with E-state index in [1.807, 2.05) is 6.07 Å². The molecule has 0 atom stereocenters. The molecular formula is C19H15FN2O2. The molecule has 3 rings (SSSR count). The molecule has 1 heterocycles. The first-order valence-corrected chi connectivity index (χ1v) is 7.42. The summed E-state index contributed by atoms with van der Waals surface area (Å²) in [6.07, 6.45) is 1.63. The second kappa shape index (κ2) is 7.37. The van der Waals surface area contributed by atoms with Crippen LogP contribution in [0.3, 0.4) is 0 Å². The Labute approximate surface area is 138 Å². The molecule has 0 spiro atoms. The van der Waals surface area contributed by atoms with Crippen LogP contribution < -0.4 is 10.1 Å². The summed E-state index contributed by atoms with van der Waals surface area (Å²) in [6, 6.07) is 18.2. The molecule has 0 aliphatic heterocycles. The number of rotatable bonds is 5. The first-order chi connectivity index (χ1) is 11.7. The number of hydrogen-bond donors (Lipinski definition) is 1. The number of aromatic nitrogens is 1. The molecule has 2 aromatic carbocycles. The SMILES string of the molecule is O=C(NCc1ccc(F)cc1)c1cccc(Oc2ccccn2)c1. The normalized spacial score (nSPS) is 10.2. The van der Waals surface area contributed by atoms with Crippen molar-refractivity contribution in [2.75, 3.05) is 0 Å². The summed E-state index contributed by atoms with van der Waals surface area (Å²) in [5.74, 6) is 0.458. The van der Waals surface area contributed by atoms with Gasteiger partial charge in [-0.1, -0.05) is 24.3 Å². The summed E-state index contributed by atoms with van der Waals surface area (Å²) in [4.78, 5) is 16.3. The Kier molecular flexibility index (Phi) is 4.81. The highest BCUT2D eigenvalue weighted by atomic mass is 19.1. The molecule has 3 aromatic rings. The van der Waals surface area contributed by atoms with Gasteiger partial charge in [-0.2, -0.15) is 0 Å². The Bertz CT molecular complexity index is 820. The highest BCUT2D eigenvalue weighted by molar-refractivity contribution is 5.94. The number of halogens is 1. The fraction of sp³-hybridized carbons (Fsp3) is 0.0526. The predicted molar refractivity (Wildman–Crippen MR) is 88.3 cm³/mol. The number of carbonyl (C=O) groups excluding carboxylic acids is 1. The van der Waals surface area contributed by atoms with Gasteiger partial charge in [-0.25, -0.2) is 9.37 Å². The van der Waals surface area contributed by atoms with Crippen molar-refractivity contribution in [1.29, 1.82) is 0 Å². The van der Waals surface area contributed by atoms with Crippen LogP contribution in [0.1, 0.15) is 15.9 Å². The number of nitrogens with one attached hydrogen (secondary N) is 1. The third kappa shape index (κ3) is 4.16. The van der Waals surface area contributed by atoms with Gasteiger partial charge in [-0.15, -0.1) is 0 Å². The van der Waals surface area contributed by atoms with E-state index in [2.05, 4.69) is 10.3 Å². The van der Waals surface area contributed by atoms with Crippen molar-refractivity contribution in [3.63, 3.8) is 0 Å². The molecule has 1 N–H and O–H groups in total. The van der Waals surface area contributed by atoms with Gasteiger partial charge in [0.15, 0.2) is 0 Å². The molecule has 24 heavy (non-hydrogen) atoms. The van der Waals surface area contributed by atoms with Crippen molar-refractivity contribution in [3.05, 3.63) is 89.9 Å². The smallest absolute Gasteiger partial charge is 0.251 e. The van der Waals surface area contributed by atoms with E-state index in [1.165, 1.54) is 12.1 Å². The second-order valence-electron chi connectivity index (χ2n) is 5.11. The molecule has 0 radical (unpaired) electrons. The Morgan fingerprint density at radius 3 is 2.62 bits per heavy atom. The van der Waals surface area contributed by atoms with Crippen molar-refractivity contribution >= 4 is 5.91 Å². The highest BCUT2D eigenvalue weighted by Crippen LogP contribution is 2.20. The van der Waals surface area contributed by atoms with Gasteiger partial charge in [0.2, 0.25) is 5.88 Å². The summed E-state index contributed by atoms with van der Waals surface area (Å²) >= 11 is 0. The minimum absolute atomic E-state index is 0.231. The number of carbonyl (C=O) groups is 1. The van der Waals surface area contributed by atoms with Crippen LogP contribution in [0.25, 0.3) is 0 Å². The van der Waals surface area contributed by atoms with Crippen LogP contribution >= 0.6 is 0 Å². The third-order valence-corrected chi connectivity index (χ3v) is 3.32. The summed E-state index contributed by atoms with van der Waals surface area (Å²) in [6.45, 7) is 0.324. The average Bonchev–Trinajstić information content (AvgIpc) is 2.62. The predicted octanol–water partition coefficient (Wildman–Crippen LogP) is 3.94. The van der Waals surface area contributed by atoms with E-state index in [0.717, 1.165) is 5.56 Å². The van der Waals surface area contributed by atoms with Crippen LogP contribution in [-0.4, -0.2) is 10.9 Å². The molecule has 0 saturated carbocycles. The molecule has 5 heteroatoms. The molecular weight excluding hydrogens is 307 g/mol. The van der Waals surface area contributed by atoms with Gasteiger partial charge in [-0.3, -0.25) is 4.79 Å². The zero-order valence-electron chi connectivity index (χ0n) is 12.8. The zero-order valence-corrected chi connectivity index (χ0v) is 12.8. The molecule has 120 valence electrons. The minimum atomic E-state index is -0.301. The summed E-state index contributed by atoms with van der Waals surface area (Å²) in [5.41, 5.74) is 1.30. The topological polar surface area (TPSA) is 51.2 Å². The summed E-state index contributed by atoms with van der Waals surface area (Å²) in [7, 11) is 0. The van der Waals surface area contributed by atoms with Crippen LogP contribution in [0.4, 0.5) is 4.39 Å². The fourth-order valence-corrected chi connectivity index (χ4v) is 2.12. The molecule has 1 aromatic heterocycles. The Morgan fingerprint density at radius 2 is 1.88 bits per heavy atom. The Morgan fingerprint density at radius 1 is 1.04 bits per heavy atom. The van der Waals surface area contributed by atoms with Crippen molar-refractivity contribution in [1.82, 2.24) is 10.3 Å². The third-order valence-electron chi connectivity index (χ3n) is 3.32. The molecule has 0 aliphatic carbocycles. The first-order valence-electron chi connectivity index (χ1n) is 7.42. The maximum atomic E-state index is 12.9. The van der Waals surface area contributed by atoms with E-state index in [0.29, 0.717) is 23.7 Å². The second-order valence-corrected chi connectivity index (χ2v) is 5.11. The lowest BCUT2D eigenvalue weighted by atomic mass is 10.2. The summed E-state index contributed by atoms with van der Waals surface area (Å²) in [5, 5.41) is 2.79. The van der Waals surface area contributed by atoms with Gasteiger partial charge in [0.1, 0.15) is 11.6 Å². The number of nitrogens with zero attached hydrogens (tertiary/aromatic N) is 1. The van der Waals surface area contributed by atoms with Crippen molar-refractivity contribution in [3.8, 4) is 11.6 Å². The molecule has 0 saturated heterocycles. The molecule has 4 nitrogen and oxygen atoms in total. The summed E-state index contributed by atoms with van der Waals surface area (Å²) < 4.78 is 18.5. The lowest BCUT2D eigenvalue weighted by Gasteiger charge is -2.08. The van der Waals surface area contributed by atoms with E-state index in [-0.39, 0.29) is 11.7 Å². The fourth-order valence-electron chi connectivity index (χ4n) is 2.12. The number of ether oxygens (including phenoxy) is 1. The number of hydrogen-bond acceptors (Lipinski definition) is 3. The molecule has 0 bridgehead atoms. The lowest BCUT2D eigenvalue weighted by molar-refractivity contribution is 0.0950. The first kappa shape index (κ1) is 15.7. The zero-order chi connectivity index (χ0) is 16.8. The molecule has 0 fully saturated rings. The van der Waals surface area contributed by atoms with Crippen LogP contribution in [0.2, 0.25) is 0 Å². The van der Waals surface area contributed by atoms with Crippen LogP contribution in [0.5, 0.6) is 11.6 Å². The van der Waals surface area contributed by atoms with Gasteiger partial charge in [0.05, 0.1) is 0 Å². The van der Waals surface area contributed by atoms with E-state index >= 15 is 0 Å². The van der Waals surface area contributed by atoms with E-state index in [4.69, 9.17) is 4.74 Å². The monoisotopic (exact) mass is 322 g/mol. The van der Waals surface area contributed by atoms with Gasteiger partial charge in [-0.05, 0) is 42.0 Å². The number of benzene rings is 2. The maximum absolute atomic E-state index is 12.9. The average molecular weight is 322 g/mol. The van der Waals surface area contributed by atoms with Gasteiger partial charge in [0, 0.05) is 24.4 Å². The van der Waals surface area contributed by atoms with Crippen LogP contribution in [0.15, 0.2) is 72.9 Å². The van der Waals surface area contributed by atoms with Gasteiger partial charge >= 0.3 is 0 Å². The van der Waals surface area contributed by atoms with Gasteiger partial charge in [0.25, 0.3) is 5.91 Å². The standard InChI is InChI=1S/C19H15FN2O2/c20-16-9-7-14(8-10-16)13-22-19(23)15-4-3-5-17(12-15)24-18-6-1-2-11-21-18/h1-12H,13H2,(H,22,23). The van der Waals surface area contributed by atoms with E-state index < -0.39 is 0 Å². The maximum Gasteiger partial charge on any atom is 0.251 e. The van der Waals surface area contributed by atoms with E-state index in [1.54, 1.807) is 54.7 Å². The molecule has 0 unspecified atom stereocenters. The minimum Gasteiger partial charge on any atom is -0.439 e. The van der Waals surface area contributed by atoms with E-state index in [9.17, 15) is 9.18 Å². The largest absolute Gasteiger partial charge is 0.439 e. The Balaban J connectivity index is 1.64. The van der Waals surface area contributed by atoms with Crippen LogP contribution in [-0.2, 0) is 6.54 Å². The number of amides is 1. The van der Waals surface area contributed by atoms with Crippen molar-refractivity contribution in [2.24, 2.45) is 0 Å².